The molecule has 0 amide bonds. The zero-order chi connectivity index (χ0) is 19.5. The van der Waals surface area contributed by atoms with E-state index in [4.69, 9.17) is 9.84 Å². The van der Waals surface area contributed by atoms with Crippen molar-refractivity contribution in [2.75, 3.05) is 0 Å². The largest absolute Gasteiger partial charge is 0.367 e. The van der Waals surface area contributed by atoms with Crippen LogP contribution in [0.1, 0.15) is 19.5 Å². The summed E-state index contributed by atoms with van der Waals surface area (Å²) < 4.78 is 24.2. The molecular formula is C20H17BrFN5O. The molecule has 4 aromatic rings. The van der Waals surface area contributed by atoms with Gasteiger partial charge in [-0.3, -0.25) is 9.67 Å². The number of halogens is 2. The van der Waals surface area contributed by atoms with Gasteiger partial charge in [-0.1, -0.05) is 0 Å². The smallest absolute Gasteiger partial charge is 0.141 e. The van der Waals surface area contributed by atoms with Crippen LogP contribution >= 0.6 is 15.9 Å². The van der Waals surface area contributed by atoms with E-state index in [1.165, 1.54) is 12.3 Å². The van der Waals surface area contributed by atoms with Gasteiger partial charge in [-0.25, -0.2) is 8.91 Å². The van der Waals surface area contributed by atoms with Crippen molar-refractivity contribution < 1.29 is 9.13 Å². The van der Waals surface area contributed by atoms with Crippen molar-refractivity contribution in [2.45, 2.75) is 32.6 Å². The number of aromatic nitrogens is 5. The standard InChI is InChI=1S/C20H17BrFN5O/c1-20(2)11-27-17(10-28-20)18(19(25-27)15-4-3-13(22)8-23-15)12-5-6-26-16(7-12)14(21)9-24-26/h3-9H,10-11H2,1-2H3. The van der Waals surface area contributed by atoms with Crippen molar-refractivity contribution in [3.8, 4) is 22.5 Å². The van der Waals surface area contributed by atoms with Gasteiger partial charge < -0.3 is 4.74 Å². The van der Waals surface area contributed by atoms with Gasteiger partial charge in [0, 0.05) is 11.8 Å². The normalized spacial score (nSPS) is 15.7. The maximum absolute atomic E-state index is 13.4. The lowest BCUT2D eigenvalue weighted by Gasteiger charge is -2.31. The second-order valence-electron chi connectivity index (χ2n) is 7.48. The van der Waals surface area contributed by atoms with Crippen molar-refractivity contribution in [3.63, 3.8) is 0 Å². The monoisotopic (exact) mass is 441 g/mol. The summed E-state index contributed by atoms with van der Waals surface area (Å²) in [5.41, 5.74) is 4.92. The fourth-order valence-electron chi connectivity index (χ4n) is 3.55. The fourth-order valence-corrected chi connectivity index (χ4v) is 3.94. The highest BCUT2D eigenvalue weighted by Crippen LogP contribution is 2.38. The summed E-state index contributed by atoms with van der Waals surface area (Å²) in [4.78, 5) is 4.27. The molecule has 0 radical (unpaired) electrons. The van der Waals surface area contributed by atoms with Gasteiger partial charge >= 0.3 is 0 Å². The second-order valence-corrected chi connectivity index (χ2v) is 8.33. The highest BCUT2D eigenvalue weighted by Gasteiger charge is 2.31. The average Bonchev–Trinajstić information content (AvgIpc) is 3.21. The number of rotatable bonds is 2. The first-order valence-corrected chi connectivity index (χ1v) is 9.69. The summed E-state index contributed by atoms with van der Waals surface area (Å²) in [6, 6.07) is 7.12. The quantitative estimate of drug-likeness (QED) is 0.460. The summed E-state index contributed by atoms with van der Waals surface area (Å²) in [5.74, 6) is -0.372. The Kier molecular flexibility index (Phi) is 3.89. The van der Waals surface area contributed by atoms with E-state index in [9.17, 15) is 4.39 Å². The third-order valence-electron chi connectivity index (χ3n) is 4.92. The molecule has 0 fully saturated rings. The minimum absolute atomic E-state index is 0.303. The van der Waals surface area contributed by atoms with Crippen LogP contribution in [-0.4, -0.2) is 30.0 Å². The van der Waals surface area contributed by atoms with E-state index in [2.05, 4.69) is 32.1 Å². The maximum Gasteiger partial charge on any atom is 0.141 e. The fraction of sp³-hybridized carbons (Fsp3) is 0.250. The lowest BCUT2D eigenvalue weighted by atomic mass is 10.0. The summed E-state index contributed by atoms with van der Waals surface area (Å²) >= 11 is 3.54. The number of nitrogens with zero attached hydrogens (tertiary/aromatic N) is 5. The first-order valence-electron chi connectivity index (χ1n) is 8.90. The van der Waals surface area contributed by atoms with E-state index in [1.54, 1.807) is 16.8 Å². The number of hydrogen-bond donors (Lipinski definition) is 0. The Hall–Kier alpha value is -2.58. The molecule has 0 saturated heterocycles. The van der Waals surface area contributed by atoms with E-state index < -0.39 is 0 Å². The third kappa shape index (κ3) is 2.84. The Bertz CT molecular complexity index is 1200. The van der Waals surface area contributed by atoms with Crippen LogP contribution in [0.15, 0.2) is 47.3 Å². The van der Waals surface area contributed by atoms with Crippen molar-refractivity contribution >= 4 is 21.4 Å². The number of pyridine rings is 2. The van der Waals surface area contributed by atoms with E-state index in [0.717, 1.165) is 32.5 Å². The molecular weight excluding hydrogens is 425 g/mol. The van der Waals surface area contributed by atoms with Crippen molar-refractivity contribution in [2.24, 2.45) is 0 Å². The van der Waals surface area contributed by atoms with Gasteiger partial charge in [0.15, 0.2) is 0 Å². The highest BCUT2D eigenvalue weighted by molar-refractivity contribution is 9.10. The van der Waals surface area contributed by atoms with Crippen LogP contribution in [0.2, 0.25) is 0 Å². The van der Waals surface area contributed by atoms with Gasteiger partial charge in [0.25, 0.3) is 0 Å². The van der Waals surface area contributed by atoms with Gasteiger partial charge in [0.05, 0.1) is 52.5 Å². The molecule has 1 aliphatic rings. The number of hydrogen-bond acceptors (Lipinski definition) is 4. The minimum Gasteiger partial charge on any atom is -0.367 e. The van der Waals surface area contributed by atoms with Crippen LogP contribution in [0.4, 0.5) is 4.39 Å². The Morgan fingerprint density at radius 3 is 2.86 bits per heavy atom. The molecule has 0 atom stereocenters. The highest BCUT2D eigenvalue weighted by atomic mass is 79.9. The summed E-state index contributed by atoms with van der Waals surface area (Å²) in [6.07, 6.45) is 4.89. The Morgan fingerprint density at radius 1 is 1.21 bits per heavy atom. The van der Waals surface area contributed by atoms with Crippen molar-refractivity contribution in [1.82, 2.24) is 24.4 Å². The number of fused-ring (bicyclic) bond motifs is 2. The second kappa shape index (κ2) is 6.22. The van der Waals surface area contributed by atoms with Gasteiger partial charge in [0.1, 0.15) is 11.5 Å². The molecule has 5 rings (SSSR count). The van der Waals surface area contributed by atoms with Crippen LogP contribution < -0.4 is 0 Å². The molecule has 4 aromatic heterocycles. The molecule has 28 heavy (non-hydrogen) atoms. The molecule has 0 saturated carbocycles. The van der Waals surface area contributed by atoms with Crippen LogP contribution in [0.3, 0.4) is 0 Å². The zero-order valence-electron chi connectivity index (χ0n) is 15.4. The summed E-state index contributed by atoms with van der Waals surface area (Å²) in [7, 11) is 0. The predicted molar refractivity (Wildman–Crippen MR) is 106 cm³/mol. The molecule has 142 valence electrons. The van der Waals surface area contributed by atoms with Crippen LogP contribution in [0, 0.1) is 5.82 Å². The van der Waals surface area contributed by atoms with Gasteiger partial charge in [0.2, 0.25) is 0 Å². The molecule has 0 spiro atoms. The lowest BCUT2D eigenvalue weighted by molar-refractivity contribution is -0.0657. The van der Waals surface area contributed by atoms with E-state index in [-0.39, 0.29) is 11.4 Å². The molecule has 0 unspecified atom stereocenters. The average molecular weight is 442 g/mol. The zero-order valence-corrected chi connectivity index (χ0v) is 16.9. The number of ether oxygens (including phenoxy) is 1. The first kappa shape index (κ1) is 17.5. The van der Waals surface area contributed by atoms with Crippen LogP contribution in [-0.2, 0) is 17.9 Å². The Labute approximate surface area is 169 Å². The van der Waals surface area contributed by atoms with Crippen molar-refractivity contribution in [3.05, 3.63) is 58.8 Å². The molecule has 6 nitrogen and oxygen atoms in total. The van der Waals surface area contributed by atoms with E-state index in [0.29, 0.717) is 18.8 Å². The van der Waals surface area contributed by atoms with E-state index >= 15 is 0 Å². The topological polar surface area (TPSA) is 57.2 Å². The van der Waals surface area contributed by atoms with Crippen molar-refractivity contribution in [1.29, 1.82) is 0 Å². The first-order chi connectivity index (χ1) is 13.4. The van der Waals surface area contributed by atoms with Gasteiger partial charge in [-0.15, -0.1) is 0 Å². The molecule has 0 aromatic carbocycles. The SMILES string of the molecule is CC1(C)Cn2nc(-c3ccc(F)cn3)c(-c3ccn4ncc(Br)c4c3)c2CO1. The summed E-state index contributed by atoms with van der Waals surface area (Å²) in [6.45, 7) is 5.17. The van der Waals surface area contributed by atoms with Crippen LogP contribution in [0.5, 0.6) is 0 Å². The molecule has 0 bridgehead atoms. The molecule has 5 heterocycles. The van der Waals surface area contributed by atoms with Crippen LogP contribution in [0.25, 0.3) is 28.0 Å². The molecule has 8 heteroatoms. The third-order valence-corrected chi connectivity index (χ3v) is 5.53. The minimum atomic E-state index is -0.372. The molecule has 0 aliphatic carbocycles. The Morgan fingerprint density at radius 2 is 2.07 bits per heavy atom. The Balaban J connectivity index is 1.75. The predicted octanol–water partition coefficient (Wildman–Crippen LogP) is 4.47. The lowest BCUT2D eigenvalue weighted by Crippen LogP contribution is -2.36. The van der Waals surface area contributed by atoms with E-state index in [1.807, 2.05) is 30.8 Å². The molecule has 0 N–H and O–H groups in total. The van der Waals surface area contributed by atoms with Gasteiger partial charge in [-0.2, -0.15) is 10.2 Å². The summed E-state index contributed by atoms with van der Waals surface area (Å²) in [5, 5.41) is 9.14. The molecule has 1 aliphatic heterocycles. The van der Waals surface area contributed by atoms with Gasteiger partial charge in [-0.05, 0) is 59.6 Å². The maximum atomic E-state index is 13.4.